The Morgan fingerprint density at radius 2 is 2.00 bits per heavy atom. The maximum Gasteiger partial charge on any atom is 0.306 e. The summed E-state index contributed by atoms with van der Waals surface area (Å²) < 4.78 is 23.4. The molecule has 0 saturated heterocycles. The second-order valence-electron chi connectivity index (χ2n) is 11.2. The fraction of sp³-hybridized carbons (Fsp3) is 0.741. The van der Waals surface area contributed by atoms with Crippen molar-refractivity contribution in [1.29, 1.82) is 0 Å². The van der Waals surface area contributed by atoms with E-state index in [1.807, 2.05) is 13.8 Å². The zero-order chi connectivity index (χ0) is 25.8. The molecule has 8 heteroatoms. The molecule has 0 aromatic carbocycles. The Morgan fingerprint density at radius 3 is 2.66 bits per heavy atom. The number of allylic oxidation sites excluding steroid dienone is 4. The highest BCUT2D eigenvalue weighted by molar-refractivity contribution is 7.99. The predicted octanol–water partition coefficient (Wildman–Crippen LogP) is 3.59. The summed E-state index contributed by atoms with van der Waals surface area (Å²) in [6.45, 7) is 7.15. The number of carbonyl (C=O) groups is 3. The van der Waals surface area contributed by atoms with E-state index in [0.717, 1.165) is 0 Å². The summed E-state index contributed by atoms with van der Waals surface area (Å²) in [7, 11) is 0. The Balaban J connectivity index is 1.80. The van der Waals surface area contributed by atoms with Gasteiger partial charge in [-0.3, -0.25) is 14.4 Å². The van der Waals surface area contributed by atoms with Gasteiger partial charge in [0.15, 0.2) is 22.8 Å². The van der Waals surface area contributed by atoms with E-state index in [2.05, 4.69) is 0 Å². The van der Waals surface area contributed by atoms with Crippen LogP contribution in [0.4, 0.5) is 4.39 Å². The van der Waals surface area contributed by atoms with Crippen LogP contribution >= 0.6 is 11.8 Å². The Labute approximate surface area is 210 Å². The Hall–Kier alpha value is -1.51. The molecule has 6 nitrogen and oxygen atoms in total. The zero-order valence-electron chi connectivity index (χ0n) is 21.0. The standard InChI is InChI=1S/C27H37FO6S/c1-5-23(33)34-27(22(32)15-35-11-10-29)16(2)12-20-19-7-6-17-13-18(30)8-9-24(17,3)26(19,28)21(31)14-25(20,27)4/h8-9,13,16,19-21,29,31H,5-7,10-12,14-15H2,1-4H3/t16-,19-,20-,21-,24-,25-,26-,27-/m0/s1. The van der Waals surface area contributed by atoms with Crippen molar-refractivity contribution in [2.75, 3.05) is 18.1 Å². The van der Waals surface area contributed by atoms with Crippen molar-refractivity contribution in [2.45, 2.75) is 77.2 Å². The third kappa shape index (κ3) is 3.53. The van der Waals surface area contributed by atoms with Crippen LogP contribution in [0.25, 0.3) is 0 Å². The Bertz CT molecular complexity index is 979. The van der Waals surface area contributed by atoms with E-state index >= 15 is 4.39 Å². The molecule has 2 N–H and O–H groups in total. The minimum atomic E-state index is -2.00. The second-order valence-corrected chi connectivity index (χ2v) is 12.3. The molecule has 0 aliphatic heterocycles. The van der Waals surface area contributed by atoms with Crippen molar-refractivity contribution in [3.8, 4) is 0 Å². The van der Waals surface area contributed by atoms with Gasteiger partial charge in [0.05, 0.1) is 18.5 Å². The molecule has 194 valence electrons. The number of hydrogen-bond donors (Lipinski definition) is 2. The number of ether oxygens (including phenoxy) is 1. The number of thioether (sulfide) groups is 1. The van der Waals surface area contributed by atoms with Crippen LogP contribution in [0.15, 0.2) is 23.8 Å². The number of Topliss-reactive ketones (excluding diaryl/α,β-unsaturated/α-hetero) is 1. The normalized spacial score (nSPS) is 44.2. The van der Waals surface area contributed by atoms with E-state index in [-0.39, 0.29) is 48.6 Å². The van der Waals surface area contributed by atoms with Crippen molar-refractivity contribution in [2.24, 2.45) is 28.6 Å². The molecular formula is C27H37FO6S. The molecule has 4 rings (SSSR count). The molecule has 0 amide bonds. The summed E-state index contributed by atoms with van der Waals surface area (Å²) in [5.41, 5.74) is -4.82. The number of rotatable bonds is 7. The molecule has 0 unspecified atom stereocenters. The first kappa shape index (κ1) is 26.6. The number of ketones is 2. The van der Waals surface area contributed by atoms with E-state index in [1.54, 1.807) is 19.9 Å². The molecule has 0 radical (unpaired) electrons. The van der Waals surface area contributed by atoms with Gasteiger partial charge in [0.25, 0.3) is 0 Å². The van der Waals surface area contributed by atoms with Crippen LogP contribution in [-0.2, 0) is 19.1 Å². The van der Waals surface area contributed by atoms with E-state index in [0.29, 0.717) is 30.6 Å². The van der Waals surface area contributed by atoms with Crippen LogP contribution in [0, 0.1) is 28.6 Å². The van der Waals surface area contributed by atoms with Gasteiger partial charge in [0.1, 0.15) is 0 Å². The molecule has 35 heavy (non-hydrogen) atoms. The topological polar surface area (TPSA) is 101 Å². The number of alkyl halides is 1. The number of carbonyl (C=O) groups excluding carboxylic acids is 3. The largest absolute Gasteiger partial charge is 0.450 e. The number of fused-ring (bicyclic) bond motifs is 5. The van der Waals surface area contributed by atoms with Crippen LogP contribution in [0.3, 0.4) is 0 Å². The summed E-state index contributed by atoms with van der Waals surface area (Å²) in [4.78, 5) is 38.5. The third-order valence-electron chi connectivity index (χ3n) is 9.63. The van der Waals surface area contributed by atoms with E-state index in [4.69, 9.17) is 4.74 Å². The number of hydrogen-bond acceptors (Lipinski definition) is 7. The molecule has 0 bridgehead atoms. The van der Waals surface area contributed by atoms with Crippen LogP contribution in [0.2, 0.25) is 0 Å². The first-order valence-corrected chi connectivity index (χ1v) is 13.8. The van der Waals surface area contributed by atoms with Crippen molar-refractivity contribution in [3.63, 3.8) is 0 Å². The van der Waals surface area contributed by atoms with E-state index in [9.17, 15) is 24.6 Å². The van der Waals surface area contributed by atoms with Gasteiger partial charge in [-0.25, -0.2) is 4.39 Å². The molecule has 4 aliphatic rings. The number of aliphatic hydroxyl groups is 2. The molecule has 4 aliphatic carbocycles. The summed E-state index contributed by atoms with van der Waals surface area (Å²) in [5, 5.41) is 20.7. The minimum Gasteiger partial charge on any atom is -0.450 e. The number of halogens is 1. The Kier molecular flexibility index (Phi) is 6.91. The first-order chi connectivity index (χ1) is 16.4. The summed E-state index contributed by atoms with van der Waals surface area (Å²) >= 11 is 1.28. The first-order valence-electron chi connectivity index (χ1n) is 12.7. The van der Waals surface area contributed by atoms with Gasteiger partial charge in [0.2, 0.25) is 0 Å². The highest BCUT2D eigenvalue weighted by atomic mass is 32.2. The molecule has 3 saturated carbocycles. The van der Waals surface area contributed by atoms with Crippen LogP contribution < -0.4 is 0 Å². The van der Waals surface area contributed by atoms with Crippen molar-refractivity contribution in [3.05, 3.63) is 23.8 Å². The van der Waals surface area contributed by atoms with Crippen molar-refractivity contribution >= 4 is 29.3 Å². The highest BCUT2D eigenvalue weighted by Crippen LogP contribution is 2.71. The van der Waals surface area contributed by atoms with Crippen LogP contribution in [0.1, 0.15) is 59.8 Å². The third-order valence-corrected chi connectivity index (χ3v) is 10.6. The van der Waals surface area contributed by atoms with E-state index < -0.39 is 40.1 Å². The lowest BCUT2D eigenvalue weighted by Gasteiger charge is -2.62. The molecule has 0 aromatic rings. The van der Waals surface area contributed by atoms with Crippen molar-refractivity contribution < 1.29 is 33.7 Å². The monoisotopic (exact) mass is 508 g/mol. The van der Waals surface area contributed by atoms with Crippen LogP contribution in [-0.4, -0.2) is 63.2 Å². The number of esters is 1. The maximum atomic E-state index is 17.3. The summed E-state index contributed by atoms with van der Waals surface area (Å²) in [5.74, 6) is -1.62. The van der Waals surface area contributed by atoms with Crippen LogP contribution in [0.5, 0.6) is 0 Å². The van der Waals surface area contributed by atoms with E-state index in [1.165, 1.54) is 23.9 Å². The maximum absolute atomic E-state index is 17.3. The zero-order valence-corrected chi connectivity index (χ0v) is 21.8. The van der Waals surface area contributed by atoms with Gasteiger partial charge in [-0.1, -0.05) is 32.4 Å². The van der Waals surface area contributed by atoms with Gasteiger partial charge < -0.3 is 14.9 Å². The SMILES string of the molecule is CCC(=O)O[C@]1(C(=O)CSCCO)[C@@H](C)C[C@H]2[C@@H]3CCC4=CC(=O)C=C[C@]4(C)[C@@]3(F)[C@@H](O)C[C@@]21C. The minimum absolute atomic E-state index is 0.0208. The molecular weight excluding hydrogens is 471 g/mol. The van der Waals surface area contributed by atoms with Gasteiger partial charge in [-0.05, 0) is 50.7 Å². The number of aliphatic hydroxyl groups excluding tert-OH is 2. The average Bonchev–Trinajstić information content (AvgIpc) is 3.02. The van der Waals surface area contributed by atoms with Gasteiger partial charge in [-0.15, -0.1) is 0 Å². The summed E-state index contributed by atoms with van der Waals surface area (Å²) in [6.07, 6.45) is 4.69. The smallest absolute Gasteiger partial charge is 0.306 e. The molecule has 0 heterocycles. The van der Waals surface area contributed by atoms with Gasteiger partial charge in [0, 0.05) is 34.8 Å². The lowest BCUT2D eigenvalue weighted by molar-refractivity contribution is -0.226. The average molecular weight is 509 g/mol. The molecule has 0 spiro atoms. The molecule has 3 fully saturated rings. The quantitative estimate of drug-likeness (QED) is 0.400. The highest BCUT2D eigenvalue weighted by Gasteiger charge is 2.77. The van der Waals surface area contributed by atoms with Gasteiger partial charge in [-0.2, -0.15) is 11.8 Å². The second kappa shape index (κ2) is 9.10. The molecule has 8 atom stereocenters. The molecule has 0 aromatic heterocycles. The lowest BCUT2D eigenvalue weighted by Crippen LogP contribution is -2.70. The van der Waals surface area contributed by atoms with Crippen molar-refractivity contribution in [1.82, 2.24) is 0 Å². The summed E-state index contributed by atoms with van der Waals surface area (Å²) in [6, 6.07) is 0. The Morgan fingerprint density at radius 1 is 1.29 bits per heavy atom. The fourth-order valence-electron chi connectivity index (χ4n) is 7.99. The fourth-order valence-corrected chi connectivity index (χ4v) is 8.66. The van der Waals surface area contributed by atoms with Gasteiger partial charge >= 0.3 is 5.97 Å². The predicted molar refractivity (Wildman–Crippen MR) is 131 cm³/mol. The lowest BCUT2D eigenvalue weighted by atomic mass is 9.44.